The molecule has 3 rings (SSSR count). The lowest BCUT2D eigenvalue weighted by Crippen LogP contribution is -2.23. The molecular weight excluding hydrogens is 472 g/mol. The fourth-order valence-electron chi connectivity index (χ4n) is 3.07. The van der Waals surface area contributed by atoms with Crippen LogP contribution in [-0.2, 0) is 9.53 Å². The molecule has 9 nitrogen and oxygen atoms in total. The van der Waals surface area contributed by atoms with Crippen molar-refractivity contribution in [3.63, 3.8) is 0 Å². The molecule has 10 heteroatoms. The Bertz CT molecular complexity index is 1230. The van der Waals surface area contributed by atoms with Gasteiger partial charge in [-0.15, -0.1) is 0 Å². The van der Waals surface area contributed by atoms with Gasteiger partial charge in [-0.3, -0.25) is 4.79 Å². The number of benzene rings is 2. The second-order valence-electron chi connectivity index (χ2n) is 7.91. The first kappa shape index (κ1) is 25.6. The highest BCUT2D eigenvalue weighted by atomic mass is 35.5. The number of amides is 1. The minimum atomic E-state index is -0.772. The van der Waals surface area contributed by atoms with Crippen molar-refractivity contribution in [1.29, 1.82) is 5.26 Å². The van der Waals surface area contributed by atoms with E-state index in [1.807, 2.05) is 12.1 Å². The van der Waals surface area contributed by atoms with Crippen molar-refractivity contribution in [2.24, 2.45) is 5.92 Å². The van der Waals surface area contributed by atoms with Gasteiger partial charge in [0.25, 0.3) is 5.91 Å². The third-order valence-electron chi connectivity index (χ3n) is 4.89. The second kappa shape index (κ2) is 11.9. The molecule has 1 aromatic heterocycles. The lowest BCUT2D eigenvalue weighted by Gasteiger charge is -2.15. The van der Waals surface area contributed by atoms with E-state index in [1.54, 1.807) is 24.3 Å². The minimum absolute atomic E-state index is 0.0999. The van der Waals surface area contributed by atoms with E-state index in [4.69, 9.17) is 25.8 Å². The molecule has 0 bridgehead atoms. The first-order valence-electron chi connectivity index (χ1n) is 10.8. The Balaban J connectivity index is 1.67. The molecule has 3 aromatic rings. The van der Waals surface area contributed by atoms with Crippen molar-refractivity contribution >= 4 is 29.3 Å². The zero-order chi connectivity index (χ0) is 25.4. The van der Waals surface area contributed by atoms with E-state index < -0.39 is 18.5 Å². The Morgan fingerprint density at radius 2 is 1.97 bits per heavy atom. The number of hydrogen-bond acceptors (Lipinski definition) is 7. The summed E-state index contributed by atoms with van der Waals surface area (Å²) in [5.41, 5.74) is 0.916. The molecule has 0 radical (unpaired) electrons. The first-order chi connectivity index (χ1) is 16.8. The molecule has 0 spiro atoms. The topological polar surface area (TPSA) is 115 Å². The number of nitrogens with zero attached hydrogens (tertiary/aromatic N) is 3. The van der Waals surface area contributed by atoms with Gasteiger partial charge in [0.05, 0.1) is 36.2 Å². The number of ether oxygens (including phenoxy) is 3. The smallest absolute Gasteiger partial charge is 0.338 e. The highest BCUT2D eigenvalue weighted by Gasteiger charge is 2.20. The van der Waals surface area contributed by atoms with Crippen LogP contribution in [0.1, 0.15) is 36.2 Å². The normalized spacial score (nSPS) is 10.5. The van der Waals surface area contributed by atoms with Crippen molar-refractivity contribution < 1.29 is 23.8 Å². The Kier molecular flexibility index (Phi) is 8.70. The fraction of sp³-hybridized carbons (Fsp3) is 0.280. The molecule has 0 atom stereocenters. The van der Waals surface area contributed by atoms with Crippen molar-refractivity contribution in [3.8, 4) is 23.3 Å². The standard InChI is InChI=1S/C25H25ClN4O5/c1-16(2)9-10-34-23-20(26)11-17(12-21(23)33-3)25(32)35-15-22(31)29-24-18(13-27)14-28-30(24)19-7-5-4-6-8-19/h4-8,11-12,14,16H,9-10,15H2,1-3H3,(H,29,31). The number of carbonyl (C=O) groups excluding carboxylic acids is 2. The number of halogens is 1. The summed E-state index contributed by atoms with van der Waals surface area (Å²) < 4.78 is 17.6. The van der Waals surface area contributed by atoms with Gasteiger partial charge in [0, 0.05) is 0 Å². The van der Waals surface area contributed by atoms with E-state index in [1.165, 1.54) is 30.1 Å². The molecule has 1 amide bonds. The van der Waals surface area contributed by atoms with Gasteiger partial charge in [-0.1, -0.05) is 43.6 Å². The monoisotopic (exact) mass is 496 g/mol. The Labute approximate surface area is 208 Å². The molecule has 0 aliphatic carbocycles. The maximum Gasteiger partial charge on any atom is 0.338 e. The van der Waals surface area contributed by atoms with Crippen LogP contribution in [0.3, 0.4) is 0 Å². The molecular formula is C25H25ClN4O5. The van der Waals surface area contributed by atoms with Gasteiger partial charge in [-0.05, 0) is 36.6 Å². The SMILES string of the molecule is COc1cc(C(=O)OCC(=O)Nc2c(C#N)cnn2-c2ccccc2)cc(Cl)c1OCCC(C)C. The van der Waals surface area contributed by atoms with Crippen LogP contribution in [-0.4, -0.2) is 42.0 Å². The van der Waals surface area contributed by atoms with Crippen molar-refractivity contribution in [3.05, 3.63) is 64.8 Å². The van der Waals surface area contributed by atoms with Gasteiger partial charge in [0.15, 0.2) is 23.9 Å². The van der Waals surface area contributed by atoms with Gasteiger partial charge in [-0.25, -0.2) is 9.48 Å². The maximum atomic E-state index is 12.6. The average Bonchev–Trinajstić information content (AvgIpc) is 3.25. The summed E-state index contributed by atoms with van der Waals surface area (Å²) in [5, 5.41) is 16.3. The Morgan fingerprint density at radius 3 is 2.63 bits per heavy atom. The molecule has 0 aliphatic heterocycles. The number of hydrogen-bond donors (Lipinski definition) is 1. The Hall–Kier alpha value is -4.03. The van der Waals surface area contributed by atoms with Gasteiger partial charge in [0.2, 0.25) is 0 Å². The average molecular weight is 497 g/mol. The van der Waals surface area contributed by atoms with Gasteiger partial charge in [-0.2, -0.15) is 10.4 Å². The molecule has 0 saturated carbocycles. The molecule has 0 aliphatic rings. The number of nitrogens with one attached hydrogen (secondary N) is 1. The highest BCUT2D eigenvalue weighted by molar-refractivity contribution is 6.32. The molecule has 2 aromatic carbocycles. The third kappa shape index (κ3) is 6.52. The lowest BCUT2D eigenvalue weighted by molar-refractivity contribution is -0.119. The summed E-state index contributed by atoms with van der Waals surface area (Å²) in [6, 6.07) is 13.8. The molecule has 0 unspecified atom stereocenters. The van der Waals surface area contributed by atoms with E-state index in [9.17, 15) is 14.9 Å². The highest BCUT2D eigenvalue weighted by Crippen LogP contribution is 2.37. The summed E-state index contributed by atoms with van der Waals surface area (Å²) in [7, 11) is 1.44. The molecule has 1 N–H and O–H groups in total. The lowest BCUT2D eigenvalue weighted by atomic mass is 10.1. The van der Waals surface area contributed by atoms with Crippen LogP contribution < -0.4 is 14.8 Å². The van der Waals surface area contributed by atoms with Crippen molar-refractivity contribution in [2.75, 3.05) is 25.6 Å². The van der Waals surface area contributed by atoms with E-state index in [0.29, 0.717) is 24.0 Å². The number of esters is 1. The first-order valence-corrected chi connectivity index (χ1v) is 11.2. The van der Waals surface area contributed by atoms with Crippen LogP contribution >= 0.6 is 11.6 Å². The van der Waals surface area contributed by atoms with Gasteiger partial charge in [0.1, 0.15) is 11.6 Å². The van der Waals surface area contributed by atoms with Crippen LogP contribution in [0.4, 0.5) is 5.82 Å². The summed E-state index contributed by atoms with van der Waals surface area (Å²) >= 11 is 6.31. The van der Waals surface area contributed by atoms with Crippen LogP contribution in [0.15, 0.2) is 48.7 Å². The fourth-order valence-corrected chi connectivity index (χ4v) is 3.34. The molecule has 1 heterocycles. The quantitative estimate of drug-likeness (QED) is 0.407. The van der Waals surface area contributed by atoms with E-state index >= 15 is 0 Å². The van der Waals surface area contributed by atoms with E-state index in [0.717, 1.165) is 6.42 Å². The predicted molar refractivity (Wildman–Crippen MR) is 130 cm³/mol. The van der Waals surface area contributed by atoms with Crippen molar-refractivity contribution in [1.82, 2.24) is 9.78 Å². The number of para-hydroxylation sites is 1. The van der Waals surface area contributed by atoms with Gasteiger partial charge < -0.3 is 19.5 Å². The largest absolute Gasteiger partial charge is 0.493 e. The zero-order valence-corrected chi connectivity index (χ0v) is 20.3. The maximum absolute atomic E-state index is 12.6. The van der Waals surface area contributed by atoms with Crippen LogP contribution in [0.25, 0.3) is 5.69 Å². The molecule has 35 heavy (non-hydrogen) atoms. The number of aromatic nitrogens is 2. The van der Waals surface area contributed by atoms with Crippen LogP contribution in [0.5, 0.6) is 11.5 Å². The summed E-state index contributed by atoms with van der Waals surface area (Å²) in [4.78, 5) is 25.1. The molecule has 0 saturated heterocycles. The Morgan fingerprint density at radius 1 is 1.23 bits per heavy atom. The summed E-state index contributed by atoms with van der Waals surface area (Å²) in [6.07, 6.45) is 2.17. The van der Waals surface area contributed by atoms with Crippen LogP contribution in [0, 0.1) is 17.2 Å². The van der Waals surface area contributed by atoms with Crippen LogP contribution in [0.2, 0.25) is 5.02 Å². The van der Waals surface area contributed by atoms with Gasteiger partial charge >= 0.3 is 5.97 Å². The van der Waals surface area contributed by atoms with Crippen molar-refractivity contribution in [2.45, 2.75) is 20.3 Å². The summed E-state index contributed by atoms with van der Waals surface area (Å²) in [5.74, 6) is -0.168. The number of carbonyl (C=O) groups is 2. The molecule has 0 fully saturated rings. The van der Waals surface area contributed by atoms with E-state index in [-0.39, 0.29) is 27.7 Å². The number of methoxy groups -OCH3 is 1. The third-order valence-corrected chi connectivity index (χ3v) is 5.17. The predicted octanol–water partition coefficient (Wildman–Crippen LogP) is 4.63. The molecule has 182 valence electrons. The van der Waals surface area contributed by atoms with E-state index in [2.05, 4.69) is 24.3 Å². The second-order valence-corrected chi connectivity index (χ2v) is 8.32. The summed E-state index contributed by atoms with van der Waals surface area (Å²) in [6.45, 7) is 4.01. The number of nitriles is 1. The number of anilines is 1. The zero-order valence-electron chi connectivity index (χ0n) is 19.6. The number of rotatable bonds is 10. The minimum Gasteiger partial charge on any atom is -0.493 e.